The van der Waals surface area contributed by atoms with Crippen molar-refractivity contribution in [3.8, 4) is 0 Å². The molecule has 21 heavy (non-hydrogen) atoms. The molecule has 0 unspecified atom stereocenters. The van der Waals surface area contributed by atoms with Crippen molar-refractivity contribution in [2.45, 2.75) is 4.90 Å². The quantitative estimate of drug-likeness (QED) is 0.711. The topological polar surface area (TPSA) is 101 Å². The molecule has 3 aromatic heterocycles. The van der Waals surface area contributed by atoms with Gasteiger partial charge in [0.15, 0.2) is 10.3 Å². The summed E-state index contributed by atoms with van der Waals surface area (Å²) in [5.74, 6) is 0. The summed E-state index contributed by atoms with van der Waals surface area (Å²) in [5.41, 5.74) is 0.387. The lowest BCUT2D eigenvalue weighted by Crippen LogP contribution is -2.14. The number of rotatable bonds is 3. The number of fused-ring (bicyclic) bond motifs is 1. The van der Waals surface area contributed by atoms with Crippen LogP contribution in [0.25, 0.3) is 11.0 Å². The van der Waals surface area contributed by atoms with Crippen molar-refractivity contribution in [2.24, 2.45) is 0 Å². The van der Waals surface area contributed by atoms with Gasteiger partial charge in [0, 0.05) is 17.8 Å². The molecule has 108 valence electrons. The Morgan fingerprint density at radius 3 is 2.57 bits per heavy atom. The second-order valence-corrected chi connectivity index (χ2v) is 6.36. The van der Waals surface area contributed by atoms with Crippen molar-refractivity contribution in [3.05, 3.63) is 41.2 Å². The van der Waals surface area contributed by atoms with E-state index in [4.69, 9.17) is 23.2 Å². The van der Waals surface area contributed by atoms with Gasteiger partial charge < -0.3 is 4.98 Å². The van der Waals surface area contributed by atoms with Gasteiger partial charge in [-0.3, -0.25) is 4.72 Å². The van der Waals surface area contributed by atoms with Crippen LogP contribution in [-0.4, -0.2) is 28.4 Å². The molecular weight excluding hydrogens is 337 g/mol. The summed E-state index contributed by atoms with van der Waals surface area (Å²) in [6, 6.07) is 3.28. The van der Waals surface area contributed by atoms with Gasteiger partial charge in [0.1, 0.15) is 22.6 Å². The largest absolute Gasteiger partial charge is 0.345 e. The van der Waals surface area contributed by atoms with Gasteiger partial charge in [-0.25, -0.2) is 23.4 Å². The molecule has 0 amide bonds. The molecule has 0 fully saturated rings. The molecule has 3 aromatic rings. The van der Waals surface area contributed by atoms with Crippen LogP contribution in [0.3, 0.4) is 0 Å². The van der Waals surface area contributed by atoms with Gasteiger partial charge in [-0.1, -0.05) is 23.2 Å². The predicted molar refractivity (Wildman–Crippen MR) is 79.0 cm³/mol. The highest BCUT2D eigenvalue weighted by Crippen LogP contribution is 2.30. The minimum Gasteiger partial charge on any atom is -0.345 e. The van der Waals surface area contributed by atoms with E-state index in [1.165, 1.54) is 6.20 Å². The monoisotopic (exact) mass is 343 g/mol. The van der Waals surface area contributed by atoms with E-state index in [2.05, 4.69) is 24.7 Å². The zero-order valence-electron chi connectivity index (χ0n) is 10.2. The Labute approximate surface area is 129 Å². The van der Waals surface area contributed by atoms with Gasteiger partial charge in [-0.15, -0.1) is 0 Å². The fourth-order valence-corrected chi connectivity index (χ4v) is 3.53. The molecule has 0 saturated heterocycles. The third-order valence-electron chi connectivity index (χ3n) is 2.69. The Bertz CT molecular complexity index is 905. The third kappa shape index (κ3) is 2.53. The first-order valence-corrected chi connectivity index (χ1v) is 7.84. The van der Waals surface area contributed by atoms with Crippen LogP contribution in [0.5, 0.6) is 0 Å². The molecule has 0 aromatic carbocycles. The molecule has 0 spiro atoms. The van der Waals surface area contributed by atoms with E-state index in [-0.39, 0.29) is 20.9 Å². The molecule has 3 rings (SSSR count). The van der Waals surface area contributed by atoms with E-state index in [1.807, 2.05) is 0 Å². The predicted octanol–water partition coefficient (Wildman–Crippen LogP) is 2.46. The molecule has 0 saturated carbocycles. The maximum atomic E-state index is 12.4. The highest BCUT2D eigenvalue weighted by molar-refractivity contribution is 7.93. The lowest BCUT2D eigenvalue weighted by atomic mass is 10.3. The van der Waals surface area contributed by atoms with Crippen LogP contribution >= 0.6 is 23.2 Å². The van der Waals surface area contributed by atoms with E-state index in [0.29, 0.717) is 11.0 Å². The Kier molecular flexibility index (Phi) is 3.44. The first kappa shape index (κ1) is 14.1. The number of halogens is 2. The second-order valence-electron chi connectivity index (χ2n) is 3.99. The number of anilines is 1. The highest BCUT2D eigenvalue weighted by atomic mass is 35.5. The molecule has 0 atom stereocenters. The molecule has 7 nitrogen and oxygen atoms in total. The van der Waals surface area contributed by atoms with Gasteiger partial charge >= 0.3 is 0 Å². The van der Waals surface area contributed by atoms with E-state index >= 15 is 0 Å². The maximum absolute atomic E-state index is 12.4. The van der Waals surface area contributed by atoms with Crippen molar-refractivity contribution in [3.63, 3.8) is 0 Å². The summed E-state index contributed by atoms with van der Waals surface area (Å²) in [7, 11) is -3.91. The lowest BCUT2D eigenvalue weighted by molar-refractivity contribution is 0.602. The molecule has 10 heteroatoms. The third-order valence-corrected chi connectivity index (χ3v) is 4.66. The van der Waals surface area contributed by atoms with Gasteiger partial charge in [0.05, 0.1) is 0 Å². The van der Waals surface area contributed by atoms with Crippen LogP contribution in [0.15, 0.2) is 35.7 Å². The molecule has 0 bridgehead atoms. The van der Waals surface area contributed by atoms with E-state index in [1.54, 1.807) is 18.3 Å². The van der Waals surface area contributed by atoms with Crippen LogP contribution < -0.4 is 4.72 Å². The molecular formula is C11H7Cl2N5O2S. The summed E-state index contributed by atoms with van der Waals surface area (Å²) >= 11 is 11.7. The van der Waals surface area contributed by atoms with E-state index in [9.17, 15) is 8.42 Å². The summed E-state index contributed by atoms with van der Waals surface area (Å²) in [6.45, 7) is 0. The summed E-state index contributed by atoms with van der Waals surface area (Å²) < 4.78 is 27.2. The smallest absolute Gasteiger partial charge is 0.264 e. The van der Waals surface area contributed by atoms with Gasteiger partial charge in [0.2, 0.25) is 0 Å². The number of aromatic nitrogens is 4. The van der Waals surface area contributed by atoms with Crippen molar-refractivity contribution in [2.75, 3.05) is 4.72 Å². The van der Waals surface area contributed by atoms with Crippen molar-refractivity contribution in [1.29, 1.82) is 0 Å². The van der Waals surface area contributed by atoms with E-state index in [0.717, 1.165) is 6.33 Å². The average Bonchev–Trinajstić information content (AvgIpc) is 2.88. The lowest BCUT2D eigenvalue weighted by Gasteiger charge is -2.08. The van der Waals surface area contributed by atoms with Gasteiger partial charge in [-0.2, -0.15) is 0 Å². The molecule has 2 N–H and O–H groups in total. The standard InChI is InChI=1S/C11H7Cl2N5O2S/c12-9-8(10(13)17-5-16-9)18-21(19,20)7-4-15-11-6(7)2-1-3-14-11/h1-5,18H,(H,14,15). The summed E-state index contributed by atoms with van der Waals surface area (Å²) in [4.78, 5) is 14.2. The number of hydrogen-bond acceptors (Lipinski definition) is 5. The Hall–Kier alpha value is -1.90. The summed E-state index contributed by atoms with van der Waals surface area (Å²) in [5, 5.41) is 0.280. The Morgan fingerprint density at radius 2 is 1.86 bits per heavy atom. The number of H-pyrrole nitrogens is 1. The number of pyridine rings is 1. The zero-order chi connectivity index (χ0) is 15.0. The Morgan fingerprint density at radius 1 is 1.14 bits per heavy atom. The first-order valence-electron chi connectivity index (χ1n) is 5.60. The summed E-state index contributed by atoms with van der Waals surface area (Å²) in [6.07, 6.45) is 4.03. The van der Waals surface area contributed by atoms with E-state index < -0.39 is 10.0 Å². The van der Waals surface area contributed by atoms with Gasteiger partial charge in [-0.05, 0) is 12.1 Å². The fourth-order valence-electron chi connectivity index (χ4n) is 1.77. The number of nitrogens with one attached hydrogen (secondary N) is 2. The van der Waals surface area contributed by atoms with Crippen LogP contribution in [0, 0.1) is 0 Å². The van der Waals surface area contributed by atoms with Crippen molar-refractivity contribution >= 4 is 49.9 Å². The average molecular weight is 344 g/mol. The van der Waals surface area contributed by atoms with Crippen LogP contribution in [0.4, 0.5) is 5.69 Å². The number of aromatic amines is 1. The van der Waals surface area contributed by atoms with Crippen LogP contribution in [0.1, 0.15) is 0 Å². The van der Waals surface area contributed by atoms with Gasteiger partial charge in [0.25, 0.3) is 10.0 Å². The van der Waals surface area contributed by atoms with Crippen LogP contribution in [-0.2, 0) is 10.0 Å². The zero-order valence-corrected chi connectivity index (χ0v) is 12.5. The molecule has 3 heterocycles. The number of sulfonamides is 1. The Balaban J connectivity index is 2.09. The minimum absolute atomic E-state index is 0.0292. The number of nitrogens with zero attached hydrogens (tertiary/aromatic N) is 3. The normalized spacial score (nSPS) is 11.7. The SMILES string of the molecule is O=S(=O)(Nc1c(Cl)ncnc1Cl)c1c[nH]c2ncccc12. The first-order chi connectivity index (χ1) is 9.99. The van der Waals surface area contributed by atoms with Crippen LogP contribution in [0.2, 0.25) is 10.3 Å². The van der Waals surface area contributed by atoms with Crippen molar-refractivity contribution < 1.29 is 8.42 Å². The fraction of sp³-hybridized carbons (Fsp3) is 0. The molecule has 0 aliphatic heterocycles. The number of hydrogen-bond donors (Lipinski definition) is 2. The molecule has 0 aliphatic rings. The van der Waals surface area contributed by atoms with Crippen molar-refractivity contribution in [1.82, 2.24) is 19.9 Å². The molecule has 0 aliphatic carbocycles. The minimum atomic E-state index is -3.91. The second kappa shape index (κ2) is 5.14. The maximum Gasteiger partial charge on any atom is 0.264 e. The highest BCUT2D eigenvalue weighted by Gasteiger charge is 2.22. The molecule has 0 radical (unpaired) electrons.